The molecule has 13 aromatic rings. The van der Waals surface area contributed by atoms with Crippen LogP contribution in [0.4, 0.5) is 0 Å². The van der Waals surface area contributed by atoms with Crippen molar-refractivity contribution in [2.75, 3.05) is 0 Å². The number of aromatic nitrogens is 5. The summed E-state index contributed by atoms with van der Waals surface area (Å²) in [4.78, 5) is 4.83. The predicted octanol–water partition coefficient (Wildman–Crippen LogP) is 15.3. The van der Waals surface area contributed by atoms with Gasteiger partial charge in [-0.1, -0.05) is 166 Å². The van der Waals surface area contributed by atoms with Crippen molar-refractivity contribution in [2.24, 2.45) is 0 Å². The monoisotopic (exact) mass is 1100 g/mol. The Bertz CT molecular complexity index is 4570. The molecule has 6 nitrogen and oxygen atoms in total. The summed E-state index contributed by atoms with van der Waals surface area (Å²) < 4.78 is 104. The van der Waals surface area contributed by atoms with Crippen molar-refractivity contribution in [3.05, 3.63) is 242 Å². The quantitative estimate of drug-likeness (QED) is 0.112. The Kier molecular flexibility index (Phi) is 8.43. The molecule has 0 aliphatic carbocycles. The van der Waals surface area contributed by atoms with Gasteiger partial charge in [-0.3, -0.25) is 4.57 Å². The van der Waals surface area contributed by atoms with Crippen molar-refractivity contribution >= 4 is 54.6 Å². The van der Waals surface area contributed by atoms with E-state index < -0.39 is 60.4 Å². The average Bonchev–Trinajstić information content (AvgIpc) is 4.20. The minimum atomic E-state index is -0.584. The standard InChI is InChI=1S/C64H45N5O.Pt/c1-64(2,3)45-36-37-65-62(38-45)69-58-31-15-12-26-54(58)55-34-33-49(41-60(55)69)70-48-23-16-22-46(39-48)66-42-67(63-50(43-18-6-4-7-19-43)27-17-28-51(63)44-20-8-5-9-21-44)61-40-47(32-35-59(61)66)68-56-29-13-10-24-52(56)53-25-11-14-30-57(53)68;/h4-38,40H,1-3H3;/q-2;/i4D,5D,6D,7D,8D,9D,18D,19D,20D,21D;. The molecule has 0 amide bonds. The molecule has 0 atom stereocenters. The molecule has 0 unspecified atom stereocenters. The average molecular weight is 1110 g/mol. The number of rotatable bonds is 8. The Morgan fingerprint density at radius 2 is 1.14 bits per heavy atom. The summed E-state index contributed by atoms with van der Waals surface area (Å²) in [6.07, 6.45) is 5.36. The summed E-state index contributed by atoms with van der Waals surface area (Å²) in [6, 6.07) is 50.1. The Morgan fingerprint density at radius 1 is 0.549 bits per heavy atom. The molecule has 13 rings (SSSR count). The van der Waals surface area contributed by atoms with Gasteiger partial charge in [-0.05, 0) is 86.8 Å². The fourth-order valence-electron chi connectivity index (χ4n) is 9.66. The SMILES string of the molecule is [2H]c1c([2H])c([2H])c(-c2cccc(-c3c([2H])c([2H])c([2H])c([2H])c3[2H])c2-[n+]2[c-]n(-c3[c-]c(Oc4[c-]c5c(cc4)c4ccccc4n5-c4cc(C(C)(C)C)ccn4)ccc3)c3ccc(-n4c5ccccc5c5ccccc54)cc32)c([2H])c1[2H].[Pt]. The van der Waals surface area contributed by atoms with E-state index >= 15 is 0 Å². The van der Waals surface area contributed by atoms with E-state index in [1.165, 1.54) is 0 Å². The molecule has 7 heteroatoms. The topological polar surface area (TPSA) is 40.8 Å². The zero-order valence-corrected chi connectivity index (χ0v) is 40.7. The van der Waals surface area contributed by atoms with E-state index in [1.807, 2.05) is 103 Å². The zero-order chi connectivity index (χ0) is 55.6. The first kappa shape index (κ1) is 34.1. The molecule has 0 saturated heterocycles. The van der Waals surface area contributed by atoms with Gasteiger partial charge in [-0.25, -0.2) is 4.98 Å². The second kappa shape index (κ2) is 17.6. The van der Waals surface area contributed by atoms with E-state index in [0.717, 1.165) is 60.7 Å². The number of ether oxygens (including phenoxy) is 1. The van der Waals surface area contributed by atoms with Crippen molar-refractivity contribution in [3.63, 3.8) is 0 Å². The van der Waals surface area contributed by atoms with Crippen LogP contribution in [0.15, 0.2) is 218 Å². The third-order valence-corrected chi connectivity index (χ3v) is 12.9. The molecule has 0 bridgehead atoms. The first-order valence-corrected chi connectivity index (χ1v) is 22.9. The van der Waals surface area contributed by atoms with Crippen LogP contribution < -0.4 is 9.30 Å². The second-order valence-corrected chi connectivity index (χ2v) is 18.1. The number of nitrogens with zero attached hydrogens (tertiary/aromatic N) is 5. The van der Waals surface area contributed by atoms with Gasteiger partial charge < -0.3 is 18.4 Å². The van der Waals surface area contributed by atoms with Crippen LogP contribution in [-0.4, -0.2) is 18.7 Å². The Hall–Kier alpha value is -8.31. The molecule has 4 aromatic heterocycles. The van der Waals surface area contributed by atoms with E-state index in [0.29, 0.717) is 28.2 Å². The van der Waals surface area contributed by atoms with Crippen LogP contribution in [0.1, 0.15) is 40.0 Å². The third-order valence-electron chi connectivity index (χ3n) is 12.9. The smallest absolute Gasteiger partial charge is 0.268 e. The summed E-state index contributed by atoms with van der Waals surface area (Å²) in [6.45, 7) is 6.51. The Morgan fingerprint density at radius 3 is 1.79 bits per heavy atom. The number of benzene rings is 9. The maximum atomic E-state index is 9.26. The van der Waals surface area contributed by atoms with Crippen LogP contribution in [0.25, 0.3) is 99.8 Å². The van der Waals surface area contributed by atoms with Gasteiger partial charge in [0, 0.05) is 60.7 Å². The predicted molar refractivity (Wildman–Crippen MR) is 284 cm³/mol. The van der Waals surface area contributed by atoms with Gasteiger partial charge in [0.15, 0.2) is 0 Å². The third kappa shape index (κ3) is 7.54. The minimum Gasteiger partial charge on any atom is -0.510 e. The number of fused-ring (bicyclic) bond motifs is 7. The van der Waals surface area contributed by atoms with E-state index in [1.54, 1.807) is 33.4 Å². The molecule has 0 N–H and O–H groups in total. The van der Waals surface area contributed by atoms with Crippen LogP contribution in [0.3, 0.4) is 0 Å². The van der Waals surface area contributed by atoms with E-state index in [9.17, 15) is 5.48 Å². The maximum Gasteiger partial charge on any atom is 0.268 e. The molecule has 4 heterocycles. The molecule has 9 aromatic carbocycles. The van der Waals surface area contributed by atoms with Gasteiger partial charge in [0.2, 0.25) is 0 Å². The first-order chi connectivity index (χ1) is 38.5. The van der Waals surface area contributed by atoms with Crippen LogP contribution in [0.5, 0.6) is 11.5 Å². The fourth-order valence-corrected chi connectivity index (χ4v) is 9.66. The van der Waals surface area contributed by atoms with E-state index in [-0.39, 0.29) is 54.4 Å². The molecule has 0 saturated carbocycles. The molecule has 344 valence electrons. The van der Waals surface area contributed by atoms with Gasteiger partial charge >= 0.3 is 0 Å². The van der Waals surface area contributed by atoms with Gasteiger partial charge in [0.1, 0.15) is 5.82 Å². The molecular weight excluding hydrogens is 1050 g/mol. The van der Waals surface area contributed by atoms with Crippen LogP contribution >= 0.6 is 0 Å². The maximum absolute atomic E-state index is 9.26. The normalized spacial score (nSPS) is 13.7. The summed E-state index contributed by atoms with van der Waals surface area (Å²) in [5, 5.41) is 4.07. The van der Waals surface area contributed by atoms with Gasteiger partial charge in [0.25, 0.3) is 6.33 Å². The number of hydrogen-bond donors (Lipinski definition) is 0. The van der Waals surface area contributed by atoms with E-state index in [2.05, 4.69) is 78.7 Å². The molecule has 0 aliphatic heterocycles. The van der Waals surface area contributed by atoms with E-state index in [4.69, 9.17) is 17.9 Å². The summed E-state index contributed by atoms with van der Waals surface area (Å²) in [5.74, 6) is 1.51. The van der Waals surface area contributed by atoms with Crippen molar-refractivity contribution in [2.45, 2.75) is 26.2 Å². The van der Waals surface area contributed by atoms with Crippen molar-refractivity contribution in [1.29, 1.82) is 0 Å². The second-order valence-electron chi connectivity index (χ2n) is 18.1. The van der Waals surface area contributed by atoms with Gasteiger partial charge in [-0.15, -0.1) is 29.7 Å². The number of imidazole rings is 1. The summed E-state index contributed by atoms with van der Waals surface area (Å²) in [5.41, 5.74) is 6.98. The number of pyridine rings is 1. The van der Waals surface area contributed by atoms with Gasteiger partial charge in [-0.2, -0.15) is 18.2 Å². The Balaban J connectivity index is 0.00000651. The molecule has 0 radical (unpaired) electrons. The summed E-state index contributed by atoms with van der Waals surface area (Å²) >= 11 is 0. The molecule has 0 spiro atoms. The number of para-hydroxylation sites is 4. The van der Waals surface area contributed by atoms with Crippen molar-refractivity contribution < 1.29 is 44.1 Å². The molecule has 0 aliphatic rings. The molecular formula is C64H45N5OPt-2. The number of hydrogen-bond acceptors (Lipinski definition) is 2. The van der Waals surface area contributed by atoms with Crippen molar-refractivity contribution in [1.82, 2.24) is 18.7 Å². The van der Waals surface area contributed by atoms with Gasteiger partial charge in [0.05, 0.1) is 41.5 Å². The van der Waals surface area contributed by atoms with Crippen LogP contribution in [0, 0.1) is 18.5 Å². The first-order valence-electron chi connectivity index (χ1n) is 27.9. The zero-order valence-electron chi connectivity index (χ0n) is 48.5. The molecule has 71 heavy (non-hydrogen) atoms. The van der Waals surface area contributed by atoms with Crippen LogP contribution in [-0.2, 0) is 26.5 Å². The molecule has 0 fully saturated rings. The van der Waals surface area contributed by atoms with Crippen LogP contribution in [0.2, 0.25) is 0 Å². The fraction of sp³-hybridized carbons (Fsp3) is 0.0625. The summed E-state index contributed by atoms with van der Waals surface area (Å²) in [7, 11) is 0. The van der Waals surface area contributed by atoms with Crippen molar-refractivity contribution in [3.8, 4) is 56.6 Å². The minimum absolute atomic E-state index is 0. The Labute approximate surface area is 440 Å². The largest absolute Gasteiger partial charge is 0.510 e.